The topological polar surface area (TPSA) is 9.23 Å². The van der Waals surface area contributed by atoms with Crippen LogP contribution in [0.5, 0.6) is 5.75 Å². The van der Waals surface area contributed by atoms with Gasteiger partial charge in [0, 0.05) is 0 Å². The van der Waals surface area contributed by atoms with Gasteiger partial charge in [-0.1, -0.05) is 19.8 Å². The Morgan fingerprint density at radius 3 is 2.94 bits per heavy atom. The Morgan fingerprint density at radius 1 is 1.41 bits per heavy atom. The van der Waals surface area contributed by atoms with Gasteiger partial charge in [0.1, 0.15) is 11.6 Å². The van der Waals surface area contributed by atoms with E-state index in [0.29, 0.717) is 10.6 Å². The molecule has 17 heavy (non-hydrogen) atoms. The number of ether oxygens (including phenoxy) is 1. The molecular formula is C14H18BrFO. The van der Waals surface area contributed by atoms with Gasteiger partial charge in [-0.15, -0.1) is 0 Å². The van der Waals surface area contributed by atoms with Crippen LogP contribution in [-0.2, 0) is 0 Å². The number of halogens is 2. The molecule has 0 amide bonds. The van der Waals surface area contributed by atoms with E-state index in [1.807, 2.05) is 0 Å². The minimum atomic E-state index is -0.243. The molecule has 1 fully saturated rings. The summed E-state index contributed by atoms with van der Waals surface area (Å²) in [5, 5.41) is 0. The van der Waals surface area contributed by atoms with Gasteiger partial charge in [0.15, 0.2) is 0 Å². The highest BCUT2D eigenvalue weighted by atomic mass is 79.9. The predicted octanol–water partition coefficient (Wildman–Crippen LogP) is 4.94. The van der Waals surface area contributed by atoms with Gasteiger partial charge in [0.25, 0.3) is 0 Å². The van der Waals surface area contributed by atoms with Gasteiger partial charge < -0.3 is 4.74 Å². The molecule has 1 nitrogen and oxygen atoms in total. The fourth-order valence-electron chi connectivity index (χ4n) is 2.46. The average molecular weight is 301 g/mol. The molecule has 2 atom stereocenters. The zero-order valence-electron chi connectivity index (χ0n) is 10.1. The number of benzene rings is 1. The molecular weight excluding hydrogens is 283 g/mol. The summed E-state index contributed by atoms with van der Waals surface area (Å²) in [5.41, 5.74) is 0. The molecule has 1 aliphatic carbocycles. The first kappa shape index (κ1) is 12.9. The van der Waals surface area contributed by atoms with E-state index in [1.165, 1.54) is 25.3 Å². The quantitative estimate of drug-likeness (QED) is 0.768. The van der Waals surface area contributed by atoms with Crippen molar-refractivity contribution in [2.45, 2.75) is 45.1 Å². The molecule has 1 saturated carbocycles. The van der Waals surface area contributed by atoms with Crippen LogP contribution in [0.15, 0.2) is 22.7 Å². The van der Waals surface area contributed by atoms with Crippen LogP contribution in [0, 0.1) is 11.7 Å². The highest BCUT2D eigenvalue weighted by Gasteiger charge is 2.22. The molecule has 0 bridgehead atoms. The van der Waals surface area contributed by atoms with Crippen molar-refractivity contribution >= 4 is 15.9 Å². The van der Waals surface area contributed by atoms with Crippen LogP contribution in [0.3, 0.4) is 0 Å². The van der Waals surface area contributed by atoms with Crippen molar-refractivity contribution in [3.63, 3.8) is 0 Å². The summed E-state index contributed by atoms with van der Waals surface area (Å²) < 4.78 is 19.5. The smallest absolute Gasteiger partial charge is 0.137 e. The zero-order valence-corrected chi connectivity index (χ0v) is 11.7. The summed E-state index contributed by atoms with van der Waals surface area (Å²) >= 11 is 3.18. The molecule has 0 radical (unpaired) electrons. The van der Waals surface area contributed by atoms with Crippen molar-refractivity contribution in [2.24, 2.45) is 5.92 Å². The molecule has 0 spiro atoms. The summed E-state index contributed by atoms with van der Waals surface area (Å²) in [6.07, 6.45) is 6.34. The first-order chi connectivity index (χ1) is 8.19. The Hall–Kier alpha value is -0.570. The second-order valence-corrected chi connectivity index (χ2v) is 5.61. The molecule has 1 aromatic rings. The Kier molecular flexibility index (Phi) is 4.43. The third kappa shape index (κ3) is 3.44. The molecule has 0 saturated heterocycles. The highest BCUT2D eigenvalue weighted by Crippen LogP contribution is 2.30. The Balaban J connectivity index is 1.97. The summed E-state index contributed by atoms with van der Waals surface area (Å²) in [6, 6.07) is 4.86. The lowest BCUT2D eigenvalue weighted by molar-refractivity contribution is 0.122. The van der Waals surface area contributed by atoms with Crippen LogP contribution in [-0.4, -0.2) is 6.10 Å². The summed E-state index contributed by atoms with van der Waals surface area (Å²) in [5.74, 6) is 1.31. The van der Waals surface area contributed by atoms with Crippen LogP contribution >= 0.6 is 15.9 Å². The highest BCUT2D eigenvalue weighted by molar-refractivity contribution is 9.10. The number of rotatable bonds is 3. The SMILES string of the molecule is CCC1CCCC(Oc2ccc(F)c(Br)c2)C1. The van der Waals surface area contributed by atoms with Crippen molar-refractivity contribution < 1.29 is 9.13 Å². The van der Waals surface area contributed by atoms with E-state index in [2.05, 4.69) is 22.9 Å². The molecule has 0 heterocycles. The fraction of sp³-hybridized carbons (Fsp3) is 0.571. The molecule has 94 valence electrons. The maximum atomic E-state index is 13.1. The zero-order chi connectivity index (χ0) is 12.3. The standard InChI is InChI=1S/C14H18BrFO/c1-2-10-4-3-5-11(8-10)17-12-6-7-14(16)13(15)9-12/h6-7,9-11H,2-5,8H2,1H3. The van der Waals surface area contributed by atoms with E-state index in [0.717, 1.165) is 24.5 Å². The molecule has 1 aliphatic rings. The predicted molar refractivity (Wildman–Crippen MR) is 70.8 cm³/mol. The lowest BCUT2D eigenvalue weighted by Gasteiger charge is -2.29. The average Bonchev–Trinajstić information content (AvgIpc) is 2.34. The molecule has 1 aromatic carbocycles. The third-order valence-electron chi connectivity index (χ3n) is 3.51. The summed E-state index contributed by atoms with van der Waals surface area (Å²) in [7, 11) is 0. The van der Waals surface area contributed by atoms with Crippen molar-refractivity contribution in [1.82, 2.24) is 0 Å². The van der Waals surface area contributed by atoms with Gasteiger partial charge in [0.2, 0.25) is 0 Å². The minimum Gasteiger partial charge on any atom is -0.490 e. The Labute approximate surface area is 110 Å². The first-order valence-corrected chi connectivity index (χ1v) is 7.10. The van der Waals surface area contributed by atoms with E-state index < -0.39 is 0 Å². The van der Waals surface area contributed by atoms with Gasteiger partial charge >= 0.3 is 0 Å². The van der Waals surface area contributed by atoms with Gasteiger partial charge in [-0.25, -0.2) is 4.39 Å². The van der Waals surface area contributed by atoms with Gasteiger partial charge in [0.05, 0.1) is 10.6 Å². The number of hydrogen-bond acceptors (Lipinski definition) is 1. The Bertz CT molecular complexity index is 380. The number of hydrogen-bond donors (Lipinski definition) is 0. The molecule has 2 rings (SSSR count). The largest absolute Gasteiger partial charge is 0.490 e. The lowest BCUT2D eigenvalue weighted by Crippen LogP contribution is -2.25. The van der Waals surface area contributed by atoms with Gasteiger partial charge in [-0.2, -0.15) is 0 Å². The third-order valence-corrected chi connectivity index (χ3v) is 4.11. The fourth-order valence-corrected chi connectivity index (χ4v) is 2.82. The molecule has 0 N–H and O–H groups in total. The maximum absolute atomic E-state index is 13.1. The normalized spacial score (nSPS) is 24.6. The van der Waals surface area contributed by atoms with Crippen molar-refractivity contribution in [2.75, 3.05) is 0 Å². The monoisotopic (exact) mass is 300 g/mol. The van der Waals surface area contributed by atoms with Crippen LogP contribution < -0.4 is 4.74 Å². The van der Waals surface area contributed by atoms with Crippen LogP contribution in [0.2, 0.25) is 0 Å². The summed E-state index contributed by atoms with van der Waals surface area (Å²) in [6.45, 7) is 2.24. The maximum Gasteiger partial charge on any atom is 0.137 e. The van der Waals surface area contributed by atoms with E-state index in [-0.39, 0.29) is 5.82 Å². The lowest BCUT2D eigenvalue weighted by atomic mass is 9.85. The minimum absolute atomic E-state index is 0.243. The Morgan fingerprint density at radius 2 is 2.24 bits per heavy atom. The van der Waals surface area contributed by atoms with E-state index in [9.17, 15) is 4.39 Å². The molecule has 3 heteroatoms. The van der Waals surface area contributed by atoms with Crippen LogP contribution in [0.1, 0.15) is 39.0 Å². The van der Waals surface area contributed by atoms with Crippen molar-refractivity contribution in [3.05, 3.63) is 28.5 Å². The van der Waals surface area contributed by atoms with Crippen LogP contribution in [0.25, 0.3) is 0 Å². The second kappa shape index (κ2) is 5.85. The molecule has 0 aliphatic heterocycles. The van der Waals surface area contributed by atoms with Crippen molar-refractivity contribution in [1.29, 1.82) is 0 Å². The first-order valence-electron chi connectivity index (χ1n) is 6.30. The second-order valence-electron chi connectivity index (χ2n) is 4.76. The van der Waals surface area contributed by atoms with Crippen molar-refractivity contribution in [3.8, 4) is 5.75 Å². The van der Waals surface area contributed by atoms with E-state index in [1.54, 1.807) is 12.1 Å². The van der Waals surface area contributed by atoms with Crippen LogP contribution in [0.4, 0.5) is 4.39 Å². The molecule has 0 aromatic heterocycles. The molecule has 2 unspecified atom stereocenters. The van der Waals surface area contributed by atoms with E-state index in [4.69, 9.17) is 4.74 Å². The summed E-state index contributed by atoms with van der Waals surface area (Å²) in [4.78, 5) is 0. The van der Waals surface area contributed by atoms with E-state index >= 15 is 0 Å². The van der Waals surface area contributed by atoms with Gasteiger partial charge in [-0.05, 0) is 59.3 Å². The van der Waals surface area contributed by atoms with Gasteiger partial charge in [-0.3, -0.25) is 0 Å².